The van der Waals surface area contributed by atoms with Gasteiger partial charge < -0.3 is 19.9 Å². The van der Waals surface area contributed by atoms with Crippen molar-refractivity contribution >= 4 is 49.9 Å². The standard InChI is InChI=1S/C18H15Br2N3O5/c19-11-5-10(17(25)12(20)6-11)7-22-23-16(24)8-21-18(26)15-9-27-13-3-1-2-4-14(13)28-15/h1-7,15,25H,8-9H2,(H,21,26)(H,23,24)/b22-7+/t15-/m1/s1. The van der Waals surface area contributed by atoms with Crippen molar-refractivity contribution in [1.29, 1.82) is 0 Å². The van der Waals surface area contributed by atoms with Crippen molar-refractivity contribution in [3.8, 4) is 17.2 Å². The molecule has 0 aliphatic carbocycles. The zero-order valence-electron chi connectivity index (χ0n) is 14.3. The van der Waals surface area contributed by atoms with E-state index < -0.39 is 17.9 Å². The molecule has 2 aromatic rings. The van der Waals surface area contributed by atoms with E-state index in [1.54, 1.807) is 36.4 Å². The molecule has 0 saturated heterocycles. The van der Waals surface area contributed by atoms with Crippen LogP contribution in [0.1, 0.15) is 5.56 Å². The smallest absolute Gasteiger partial charge is 0.265 e. The minimum Gasteiger partial charge on any atom is -0.506 e. The molecule has 0 spiro atoms. The van der Waals surface area contributed by atoms with Crippen LogP contribution in [0.5, 0.6) is 17.2 Å². The van der Waals surface area contributed by atoms with Crippen molar-refractivity contribution in [2.24, 2.45) is 5.10 Å². The number of fused-ring (bicyclic) bond motifs is 1. The quantitative estimate of drug-likeness (QED) is 0.421. The molecule has 0 aromatic heterocycles. The van der Waals surface area contributed by atoms with Crippen molar-refractivity contribution in [3.63, 3.8) is 0 Å². The monoisotopic (exact) mass is 511 g/mol. The summed E-state index contributed by atoms with van der Waals surface area (Å²) >= 11 is 6.50. The predicted molar refractivity (Wildman–Crippen MR) is 109 cm³/mol. The Balaban J connectivity index is 1.48. The first-order valence-electron chi connectivity index (χ1n) is 8.10. The molecule has 3 N–H and O–H groups in total. The van der Waals surface area contributed by atoms with Crippen LogP contribution < -0.4 is 20.2 Å². The molecule has 8 nitrogen and oxygen atoms in total. The van der Waals surface area contributed by atoms with Crippen molar-refractivity contribution in [2.45, 2.75) is 6.10 Å². The fourth-order valence-electron chi connectivity index (χ4n) is 2.33. The first kappa shape index (κ1) is 20.2. The number of para-hydroxylation sites is 2. The van der Waals surface area contributed by atoms with Gasteiger partial charge >= 0.3 is 0 Å². The third-order valence-electron chi connectivity index (χ3n) is 3.67. The number of benzene rings is 2. The maximum atomic E-state index is 12.1. The summed E-state index contributed by atoms with van der Waals surface area (Å²) in [6.45, 7) is -0.231. The zero-order chi connectivity index (χ0) is 20.1. The number of ether oxygens (including phenoxy) is 2. The first-order chi connectivity index (χ1) is 13.4. The maximum absolute atomic E-state index is 12.1. The molecule has 1 atom stereocenters. The number of amides is 2. The van der Waals surface area contributed by atoms with Gasteiger partial charge in [-0.3, -0.25) is 9.59 Å². The fourth-order valence-corrected chi connectivity index (χ4v) is 3.59. The third-order valence-corrected chi connectivity index (χ3v) is 4.74. The molecule has 28 heavy (non-hydrogen) atoms. The van der Waals surface area contributed by atoms with Crippen LogP contribution in [0.25, 0.3) is 0 Å². The summed E-state index contributed by atoms with van der Waals surface area (Å²) in [4.78, 5) is 24.0. The molecular formula is C18H15Br2N3O5. The summed E-state index contributed by atoms with van der Waals surface area (Å²) in [5, 5.41) is 16.2. The molecule has 0 bridgehead atoms. The van der Waals surface area contributed by atoms with Gasteiger partial charge in [0.1, 0.15) is 12.4 Å². The number of phenolic OH excluding ortho intramolecular Hbond substituents is 1. The van der Waals surface area contributed by atoms with Crippen LogP contribution in [0.2, 0.25) is 0 Å². The topological polar surface area (TPSA) is 109 Å². The predicted octanol–water partition coefficient (Wildman–Crippen LogP) is 2.32. The summed E-state index contributed by atoms with van der Waals surface area (Å²) in [7, 11) is 0. The summed E-state index contributed by atoms with van der Waals surface area (Å²) < 4.78 is 12.2. The van der Waals surface area contributed by atoms with Gasteiger partial charge in [-0.2, -0.15) is 5.10 Å². The third kappa shape index (κ3) is 5.02. The average Bonchev–Trinajstić information content (AvgIpc) is 2.69. The lowest BCUT2D eigenvalue weighted by Gasteiger charge is -2.25. The van der Waals surface area contributed by atoms with Crippen LogP contribution in [0.15, 0.2) is 50.4 Å². The van der Waals surface area contributed by atoms with Gasteiger partial charge in [-0.25, -0.2) is 5.43 Å². The first-order valence-corrected chi connectivity index (χ1v) is 9.69. The van der Waals surface area contributed by atoms with Crippen molar-refractivity contribution in [1.82, 2.24) is 10.7 Å². The molecule has 1 aliphatic heterocycles. The second-order valence-corrected chi connectivity index (χ2v) is 7.47. The molecule has 0 radical (unpaired) electrons. The highest BCUT2D eigenvalue weighted by molar-refractivity contribution is 9.11. The molecule has 0 fully saturated rings. The summed E-state index contributed by atoms with van der Waals surface area (Å²) in [5.41, 5.74) is 2.67. The highest BCUT2D eigenvalue weighted by Gasteiger charge is 2.27. The molecular weight excluding hydrogens is 498 g/mol. The van der Waals surface area contributed by atoms with E-state index in [1.807, 2.05) is 0 Å². The number of carbonyl (C=O) groups excluding carboxylic acids is 2. The van der Waals surface area contributed by atoms with Gasteiger partial charge in [0.15, 0.2) is 11.5 Å². The molecule has 3 rings (SSSR count). The van der Waals surface area contributed by atoms with E-state index in [1.165, 1.54) is 6.21 Å². The Labute approximate surface area is 177 Å². The van der Waals surface area contributed by atoms with Crippen LogP contribution in [0.3, 0.4) is 0 Å². The van der Waals surface area contributed by atoms with E-state index in [9.17, 15) is 14.7 Å². The minimum absolute atomic E-state index is 0.00997. The second-order valence-electron chi connectivity index (χ2n) is 5.70. The number of hydrogen-bond donors (Lipinski definition) is 3. The van der Waals surface area contributed by atoms with Gasteiger partial charge in [0, 0.05) is 10.0 Å². The second kappa shape index (κ2) is 9.07. The van der Waals surface area contributed by atoms with Gasteiger partial charge in [0.05, 0.1) is 17.2 Å². The SMILES string of the molecule is O=C(CNC(=O)[C@H]1COc2ccccc2O1)N/N=C/c1cc(Br)cc(Br)c1O. The van der Waals surface area contributed by atoms with Gasteiger partial charge in [-0.15, -0.1) is 0 Å². The molecule has 0 saturated carbocycles. The number of carbonyl (C=O) groups is 2. The molecule has 1 aliphatic rings. The van der Waals surface area contributed by atoms with Gasteiger partial charge in [0.25, 0.3) is 11.8 Å². The Kier molecular flexibility index (Phi) is 6.53. The number of hydrogen-bond acceptors (Lipinski definition) is 6. The van der Waals surface area contributed by atoms with E-state index in [0.717, 1.165) is 4.47 Å². The zero-order valence-corrected chi connectivity index (χ0v) is 17.5. The molecule has 146 valence electrons. The number of rotatable bonds is 5. The lowest BCUT2D eigenvalue weighted by atomic mass is 10.2. The normalized spacial score (nSPS) is 15.3. The van der Waals surface area contributed by atoms with Crippen molar-refractivity contribution in [3.05, 3.63) is 50.9 Å². The molecule has 1 heterocycles. The Bertz CT molecular complexity index is 935. The average molecular weight is 513 g/mol. The summed E-state index contributed by atoms with van der Waals surface area (Å²) in [6, 6.07) is 10.3. The van der Waals surface area contributed by atoms with Crippen molar-refractivity contribution < 1.29 is 24.2 Å². The maximum Gasteiger partial charge on any atom is 0.265 e. The van der Waals surface area contributed by atoms with E-state index in [-0.39, 0.29) is 18.9 Å². The van der Waals surface area contributed by atoms with Crippen LogP contribution >= 0.6 is 31.9 Å². The summed E-state index contributed by atoms with van der Waals surface area (Å²) in [5.74, 6) is 0.0331. The highest BCUT2D eigenvalue weighted by atomic mass is 79.9. The molecule has 0 unspecified atom stereocenters. The van der Waals surface area contributed by atoms with E-state index in [2.05, 4.69) is 47.7 Å². The number of nitrogens with zero attached hydrogens (tertiary/aromatic N) is 1. The Morgan fingerprint density at radius 3 is 2.79 bits per heavy atom. The number of nitrogens with one attached hydrogen (secondary N) is 2. The summed E-state index contributed by atoms with van der Waals surface area (Å²) in [6.07, 6.45) is 0.446. The lowest BCUT2D eigenvalue weighted by molar-refractivity contribution is -0.132. The van der Waals surface area contributed by atoms with E-state index >= 15 is 0 Å². The number of phenols is 1. The number of halogens is 2. The largest absolute Gasteiger partial charge is 0.506 e. The lowest BCUT2D eigenvalue weighted by Crippen LogP contribution is -2.46. The van der Waals surface area contributed by atoms with E-state index in [4.69, 9.17) is 9.47 Å². The van der Waals surface area contributed by atoms with Crippen LogP contribution in [-0.2, 0) is 9.59 Å². The minimum atomic E-state index is -0.845. The number of aromatic hydroxyl groups is 1. The van der Waals surface area contributed by atoms with Gasteiger partial charge in [-0.05, 0) is 40.2 Å². The van der Waals surface area contributed by atoms with E-state index in [0.29, 0.717) is 21.5 Å². The Morgan fingerprint density at radius 2 is 2.00 bits per heavy atom. The Hall–Kier alpha value is -2.59. The van der Waals surface area contributed by atoms with Crippen molar-refractivity contribution in [2.75, 3.05) is 13.2 Å². The fraction of sp³-hybridized carbons (Fsp3) is 0.167. The molecule has 2 aromatic carbocycles. The van der Waals surface area contributed by atoms with Crippen LogP contribution in [0, 0.1) is 0 Å². The highest BCUT2D eigenvalue weighted by Crippen LogP contribution is 2.31. The number of hydrazone groups is 1. The van der Waals surface area contributed by atoms with Gasteiger partial charge in [0.2, 0.25) is 6.10 Å². The van der Waals surface area contributed by atoms with Crippen LogP contribution in [0.4, 0.5) is 0 Å². The Morgan fingerprint density at radius 1 is 1.25 bits per heavy atom. The molecule has 10 heteroatoms. The molecule has 2 amide bonds. The van der Waals surface area contributed by atoms with Crippen LogP contribution in [-0.4, -0.2) is 42.4 Å². The van der Waals surface area contributed by atoms with Gasteiger partial charge in [-0.1, -0.05) is 28.1 Å².